The highest BCUT2D eigenvalue weighted by Crippen LogP contribution is 2.23. The third-order valence-electron chi connectivity index (χ3n) is 2.92. The van der Waals surface area contributed by atoms with Crippen LogP contribution < -0.4 is 4.57 Å². The van der Waals surface area contributed by atoms with Crippen LogP contribution in [0.4, 0.5) is 0 Å². The van der Waals surface area contributed by atoms with Crippen LogP contribution in [0.5, 0.6) is 0 Å². The number of hydrogen-bond donors (Lipinski definition) is 0. The summed E-state index contributed by atoms with van der Waals surface area (Å²) >= 11 is 1.75. The molecule has 0 bridgehead atoms. The van der Waals surface area contributed by atoms with E-state index in [1.54, 1.807) is 11.3 Å². The van der Waals surface area contributed by atoms with E-state index in [1.807, 2.05) is 0 Å². The van der Waals surface area contributed by atoms with Crippen LogP contribution in [0.1, 0.15) is 17.8 Å². The summed E-state index contributed by atoms with van der Waals surface area (Å²) in [6.07, 6.45) is 3.17. The van der Waals surface area contributed by atoms with Crippen molar-refractivity contribution >= 4 is 27.2 Å². The summed E-state index contributed by atoms with van der Waals surface area (Å²) in [6.45, 7) is 4.24. The first-order valence-electron chi connectivity index (χ1n) is 5.47. The number of rotatable bonds is 1. The molecule has 0 saturated carbocycles. The number of aryl methyl sites for hydroxylation is 3. The van der Waals surface area contributed by atoms with Crippen molar-refractivity contribution < 1.29 is 4.57 Å². The lowest BCUT2D eigenvalue weighted by atomic mass is 10.4. The Labute approximate surface area is 98.0 Å². The summed E-state index contributed by atoms with van der Waals surface area (Å²) in [5, 5.41) is 1.13. The summed E-state index contributed by atoms with van der Waals surface area (Å²) in [7, 11) is 2.09. The van der Waals surface area contributed by atoms with Gasteiger partial charge in [-0.1, -0.05) is 6.92 Å². The molecule has 0 N–H and O–H groups in total. The maximum atomic E-state index is 4.63. The predicted molar refractivity (Wildman–Crippen MR) is 65.9 cm³/mol. The number of pyridine rings is 1. The Morgan fingerprint density at radius 1 is 1.44 bits per heavy atom. The molecule has 0 radical (unpaired) electrons. The fraction of sp³-hybridized carbons (Fsp3) is 0.333. The quantitative estimate of drug-likeness (QED) is 0.590. The second-order valence-electron chi connectivity index (χ2n) is 4.02. The molecular formula is C12H14N3S+. The highest BCUT2D eigenvalue weighted by atomic mass is 32.1. The summed E-state index contributed by atoms with van der Waals surface area (Å²) in [6, 6.07) is 4.33. The maximum absolute atomic E-state index is 4.63. The molecule has 0 aliphatic carbocycles. The summed E-state index contributed by atoms with van der Waals surface area (Å²) < 4.78 is 5.71. The van der Waals surface area contributed by atoms with Gasteiger partial charge in [0, 0.05) is 6.42 Å². The summed E-state index contributed by atoms with van der Waals surface area (Å²) in [5.41, 5.74) is 2.31. The van der Waals surface area contributed by atoms with Gasteiger partial charge in [-0.3, -0.25) is 0 Å². The maximum Gasteiger partial charge on any atom is 0.262 e. The van der Waals surface area contributed by atoms with E-state index in [-0.39, 0.29) is 0 Å². The highest BCUT2D eigenvalue weighted by Gasteiger charge is 2.18. The Kier molecular flexibility index (Phi) is 2.01. The van der Waals surface area contributed by atoms with Crippen molar-refractivity contribution in [1.82, 2.24) is 9.38 Å². The first kappa shape index (κ1) is 9.78. The Morgan fingerprint density at radius 2 is 2.25 bits per heavy atom. The van der Waals surface area contributed by atoms with Gasteiger partial charge in [-0.2, -0.15) is 4.40 Å². The molecule has 0 atom stereocenters. The van der Waals surface area contributed by atoms with Crippen molar-refractivity contribution in [2.45, 2.75) is 20.3 Å². The van der Waals surface area contributed by atoms with E-state index < -0.39 is 0 Å². The Bertz CT molecular complexity index is 678. The number of thiazole rings is 1. The van der Waals surface area contributed by atoms with E-state index in [0.29, 0.717) is 0 Å². The first-order chi connectivity index (χ1) is 7.70. The minimum atomic E-state index is 1.01. The van der Waals surface area contributed by atoms with Crippen LogP contribution in [0.3, 0.4) is 0 Å². The van der Waals surface area contributed by atoms with Gasteiger partial charge in [-0.25, -0.2) is 9.55 Å². The van der Waals surface area contributed by atoms with Gasteiger partial charge in [-0.15, -0.1) is 11.3 Å². The molecule has 4 heteroatoms. The van der Waals surface area contributed by atoms with Crippen molar-refractivity contribution in [1.29, 1.82) is 0 Å². The number of hydrogen-bond acceptors (Lipinski definition) is 2. The average molecular weight is 232 g/mol. The van der Waals surface area contributed by atoms with E-state index in [2.05, 4.69) is 53.2 Å². The third-order valence-corrected chi connectivity index (χ3v) is 3.85. The number of nitrogens with zero attached hydrogens (tertiary/aromatic N) is 3. The molecule has 0 aromatic carbocycles. The highest BCUT2D eigenvalue weighted by molar-refractivity contribution is 7.18. The van der Waals surface area contributed by atoms with Gasteiger partial charge in [0.25, 0.3) is 5.82 Å². The van der Waals surface area contributed by atoms with Crippen LogP contribution in [0.25, 0.3) is 15.9 Å². The van der Waals surface area contributed by atoms with Gasteiger partial charge in [-0.05, 0) is 19.1 Å². The monoisotopic (exact) mass is 232 g/mol. The van der Waals surface area contributed by atoms with Crippen molar-refractivity contribution in [2.24, 2.45) is 7.05 Å². The molecule has 3 aromatic heterocycles. The molecule has 3 nitrogen and oxygen atoms in total. The van der Waals surface area contributed by atoms with Crippen LogP contribution in [-0.4, -0.2) is 9.38 Å². The predicted octanol–water partition coefficient (Wildman–Crippen LogP) is 2.24. The molecule has 3 rings (SSSR count). The lowest BCUT2D eigenvalue weighted by Crippen LogP contribution is -2.30. The van der Waals surface area contributed by atoms with E-state index in [0.717, 1.165) is 17.1 Å². The number of imidazole rings is 1. The Balaban J connectivity index is 2.56. The third kappa shape index (κ3) is 1.19. The van der Waals surface area contributed by atoms with Gasteiger partial charge in [0.15, 0.2) is 5.52 Å². The fourth-order valence-electron chi connectivity index (χ4n) is 2.27. The van der Waals surface area contributed by atoms with Crippen LogP contribution in [-0.2, 0) is 13.5 Å². The minimum absolute atomic E-state index is 1.01. The zero-order valence-electron chi connectivity index (χ0n) is 9.69. The molecule has 0 aliphatic rings. The van der Waals surface area contributed by atoms with Crippen LogP contribution in [0.2, 0.25) is 0 Å². The van der Waals surface area contributed by atoms with E-state index in [1.165, 1.54) is 16.0 Å². The lowest BCUT2D eigenvalue weighted by Gasteiger charge is -1.93. The molecule has 0 unspecified atom stereocenters. The standard InChI is InChI=1S/C12H14N3S/c1-4-11-14(3)7-9-5-6-10-12(15(9)11)13-8(2)16-10/h5-7H,4H2,1-3H3/q+1. The average Bonchev–Trinajstić information content (AvgIpc) is 2.75. The minimum Gasteiger partial charge on any atom is -0.236 e. The van der Waals surface area contributed by atoms with E-state index >= 15 is 0 Å². The fourth-order valence-corrected chi connectivity index (χ4v) is 3.08. The molecular weight excluding hydrogens is 218 g/mol. The van der Waals surface area contributed by atoms with Crippen molar-refractivity contribution in [3.63, 3.8) is 0 Å². The summed E-state index contributed by atoms with van der Waals surface area (Å²) in [5.74, 6) is 1.30. The zero-order chi connectivity index (χ0) is 11.3. The molecule has 0 amide bonds. The van der Waals surface area contributed by atoms with E-state index in [4.69, 9.17) is 0 Å². The Hall–Kier alpha value is -1.42. The van der Waals surface area contributed by atoms with E-state index in [9.17, 15) is 0 Å². The SMILES string of the molecule is CCc1n2c(ccc3sc(C)nc32)c[n+]1C. The van der Waals surface area contributed by atoms with Crippen LogP contribution >= 0.6 is 11.3 Å². The van der Waals surface area contributed by atoms with Crippen LogP contribution in [0, 0.1) is 6.92 Å². The topological polar surface area (TPSA) is 21.2 Å². The smallest absolute Gasteiger partial charge is 0.236 e. The molecule has 0 fully saturated rings. The molecule has 3 heterocycles. The van der Waals surface area contributed by atoms with Crippen LogP contribution in [0.15, 0.2) is 18.3 Å². The molecule has 16 heavy (non-hydrogen) atoms. The van der Waals surface area contributed by atoms with Gasteiger partial charge >= 0.3 is 0 Å². The normalized spacial score (nSPS) is 11.7. The number of fused-ring (bicyclic) bond motifs is 3. The molecule has 82 valence electrons. The van der Waals surface area contributed by atoms with Gasteiger partial charge in [0.2, 0.25) is 5.65 Å². The molecule has 0 spiro atoms. The lowest BCUT2D eigenvalue weighted by molar-refractivity contribution is -0.677. The molecule has 0 saturated heterocycles. The van der Waals surface area contributed by atoms with Crippen molar-refractivity contribution in [3.8, 4) is 0 Å². The molecule has 0 aliphatic heterocycles. The van der Waals surface area contributed by atoms with Crippen molar-refractivity contribution in [3.05, 3.63) is 29.2 Å². The van der Waals surface area contributed by atoms with Crippen molar-refractivity contribution in [2.75, 3.05) is 0 Å². The van der Waals surface area contributed by atoms with Gasteiger partial charge in [0.05, 0.1) is 16.8 Å². The largest absolute Gasteiger partial charge is 0.262 e. The zero-order valence-corrected chi connectivity index (χ0v) is 10.5. The Morgan fingerprint density at radius 3 is 3.00 bits per heavy atom. The number of aromatic nitrogens is 3. The second-order valence-corrected chi connectivity index (χ2v) is 5.26. The van der Waals surface area contributed by atoms with Gasteiger partial charge < -0.3 is 0 Å². The molecule has 3 aromatic rings. The first-order valence-corrected chi connectivity index (χ1v) is 6.28. The second kappa shape index (κ2) is 3.28. The van der Waals surface area contributed by atoms with Gasteiger partial charge in [0.1, 0.15) is 6.20 Å². The summed E-state index contributed by atoms with van der Waals surface area (Å²) in [4.78, 5) is 4.63.